The first-order valence-corrected chi connectivity index (χ1v) is 5.88. The summed E-state index contributed by atoms with van der Waals surface area (Å²) in [5, 5.41) is 11.4. The maximum Gasteiger partial charge on any atom is 0.128 e. The van der Waals surface area contributed by atoms with Crippen LogP contribution in [0.3, 0.4) is 0 Å². The van der Waals surface area contributed by atoms with E-state index in [1.54, 1.807) is 0 Å². The fourth-order valence-corrected chi connectivity index (χ4v) is 2.46. The van der Waals surface area contributed by atoms with Crippen LogP contribution in [-0.4, -0.2) is 25.4 Å². The van der Waals surface area contributed by atoms with E-state index in [-0.39, 0.29) is 18.6 Å². The first-order valence-electron chi connectivity index (χ1n) is 5.09. The molecular formula is C11H15BrNO2+. The number of quaternary nitrogens is 1. The molecule has 3 nitrogen and oxygen atoms in total. The maximum absolute atomic E-state index is 9.28. The number of benzene rings is 1. The standard InChI is InChI=1S/C11H14BrNO2/c1-13-11-7(5-14)6-15-10-3-2-8(12)4-9(10)11/h2-4,7,11,13-14H,5-6H2,1H3/p+1/t7-,11+/m1/s1. The zero-order chi connectivity index (χ0) is 10.8. The van der Waals surface area contributed by atoms with Gasteiger partial charge in [0.15, 0.2) is 0 Å². The van der Waals surface area contributed by atoms with Crippen LogP contribution in [0.1, 0.15) is 11.6 Å². The molecule has 0 saturated carbocycles. The van der Waals surface area contributed by atoms with E-state index in [2.05, 4.69) is 27.3 Å². The molecule has 4 heteroatoms. The van der Waals surface area contributed by atoms with Gasteiger partial charge in [0, 0.05) is 4.47 Å². The lowest BCUT2D eigenvalue weighted by molar-refractivity contribution is -0.679. The molecule has 1 aromatic rings. The van der Waals surface area contributed by atoms with Crippen molar-refractivity contribution in [2.45, 2.75) is 6.04 Å². The SMILES string of the molecule is C[NH2+][C@@H]1c2cc(Br)ccc2OC[C@H]1CO. The van der Waals surface area contributed by atoms with E-state index < -0.39 is 0 Å². The molecule has 1 aliphatic heterocycles. The second-order valence-corrected chi connectivity index (χ2v) is 4.71. The first kappa shape index (κ1) is 10.9. The lowest BCUT2D eigenvalue weighted by atomic mass is 9.91. The minimum atomic E-state index is 0.168. The van der Waals surface area contributed by atoms with E-state index >= 15 is 0 Å². The van der Waals surface area contributed by atoms with Gasteiger partial charge in [0.2, 0.25) is 0 Å². The molecule has 0 radical (unpaired) electrons. The Morgan fingerprint density at radius 1 is 1.60 bits per heavy atom. The third-order valence-corrected chi connectivity index (χ3v) is 3.38. The lowest BCUT2D eigenvalue weighted by Crippen LogP contribution is -2.83. The summed E-state index contributed by atoms with van der Waals surface area (Å²) in [5.41, 5.74) is 1.16. The molecule has 0 spiro atoms. The van der Waals surface area contributed by atoms with Gasteiger partial charge < -0.3 is 15.2 Å². The number of hydrogen-bond acceptors (Lipinski definition) is 2. The highest BCUT2D eigenvalue weighted by molar-refractivity contribution is 9.10. The van der Waals surface area contributed by atoms with Gasteiger partial charge in [-0.2, -0.15) is 0 Å². The summed E-state index contributed by atoms with van der Waals surface area (Å²) in [4.78, 5) is 0. The van der Waals surface area contributed by atoms with E-state index in [1.165, 1.54) is 0 Å². The molecule has 2 rings (SSSR count). The van der Waals surface area contributed by atoms with Gasteiger partial charge >= 0.3 is 0 Å². The summed E-state index contributed by atoms with van der Waals surface area (Å²) in [7, 11) is 2.03. The number of hydrogen-bond donors (Lipinski definition) is 2. The fraction of sp³-hybridized carbons (Fsp3) is 0.455. The molecule has 1 heterocycles. The van der Waals surface area contributed by atoms with E-state index in [1.807, 2.05) is 19.2 Å². The molecule has 82 valence electrons. The molecule has 1 aliphatic rings. The van der Waals surface area contributed by atoms with Crippen LogP contribution in [-0.2, 0) is 0 Å². The number of fused-ring (bicyclic) bond motifs is 1. The van der Waals surface area contributed by atoms with Gasteiger partial charge in [-0.05, 0) is 18.2 Å². The van der Waals surface area contributed by atoms with Crippen LogP contribution in [0.15, 0.2) is 22.7 Å². The predicted molar refractivity (Wildman–Crippen MR) is 60.8 cm³/mol. The number of nitrogens with two attached hydrogens (primary N) is 1. The number of halogens is 1. The van der Waals surface area contributed by atoms with Gasteiger partial charge in [0.05, 0.1) is 31.7 Å². The summed E-state index contributed by atoms with van der Waals surface area (Å²) in [6.45, 7) is 0.765. The predicted octanol–water partition coefficient (Wildman–Crippen LogP) is 0.684. The summed E-state index contributed by atoms with van der Waals surface area (Å²) >= 11 is 3.46. The maximum atomic E-state index is 9.28. The Kier molecular flexibility index (Phi) is 3.29. The van der Waals surface area contributed by atoms with Gasteiger partial charge in [-0.3, -0.25) is 0 Å². The number of ether oxygens (including phenoxy) is 1. The van der Waals surface area contributed by atoms with Crippen molar-refractivity contribution < 1.29 is 15.2 Å². The van der Waals surface area contributed by atoms with Crippen molar-refractivity contribution in [1.29, 1.82) is 0 Å². The Labute approximate surface area is 97.6 Å². The highest BCUT2D eigenvalue weighted by atomic mass is 79.9. The topological polar surface area (TPSA) is 46.1 Å². The molecular weight excluding hydrogens is 258 g/mol. The normalized spacial score (nSPS) is 24.5. The molecule has 3 N–H and O–H groups in total. The smallest absolute Gasteiger partial charge is 0.128 e. The Bertz CT molecular complexity index is 356. The van der Waals surface area contributed by atoms with Crippen LogP contribution in [0.5, 0.6) is 5.75 Å². The van der Waals surface area contributed by atoms with E-state index in [0.29, 0.717) is 6.61 Å². The largest absolute Gasteiger partial charge is 0.492 e. The van der Waals surface area contributed by atoms with E-state index in [4.69, 9.17) is 4.74 Å². The van der Waals surface area contributed by atoms with Crippen LogP contribution < -0.4 is 10.1 Å². The highest BCUT2D eigenvalue weighted by Gasteiger charge is 2.32. The summed E-state index contributed by atoms with van der Waals surface area (Å²) < 4.78 is 6.66. The Hall–Kier alpha value is -0.580. The fourth-order valence-electron chi connectivity index (χ4n) is 2.08. The van der Waals surface area contributed by atoms with Crippen LogP contribution in [0, 0.1) is 5.92 Å². The average Bonchev–Trinajstić information content (AvgIpc) is 2.27. The zero-order valence-electron chi connectivity index (χ0n) is 8.61. The molecule has 0 bridgehead atoms. The summed E-state index contributed by atoms with van der Waals surface area (Å²) in [6.07, 6.45) is 0. The van der Waals surface area contributed by atoms with E-state index in [9.17, 15) is 5.11 Å². The number of aliphatic hydroxyl groups is 1. The van der Waals surface area contributed by atoms with Gasteiger partial charge in [0.1, 0.15) is 11.8 Å². The van der Waals surface area contributed by atoms with Crippen molar-refractivity contribution in [3.63, 3.8) is 0 Å². The van der Waals surface area contributed by atoms with Crippen molar-refractivity contribution in [2.75, 3.05) is 20.3 Å². The molecule has 1 aromatic carbocycles. The lowest BCUT2D eigenvalue weighted by Gasteiger charge is -2.29. The monoisotopic (exact) mass is 272 g/mol. The third kappa shape index (κ3) is 2.02. The summed E-state index contributed by atoms with van der Waals surface area (Å²) in [6, 6.07) is 6.31. The molecule has 0 aromatic heterocycles. The Morgan fingerprint density at radius 2 is 2.40 bits per heavy atom. The molecule has 0 fully saturated rings. The van der Waals surface area contributed by atoms with Gasteiger partial charge in [0.25, 0.3) is 0 Å². The Morgan fingerprint density at radius 3 is 3.07 bits per heavy atom. The quantitative estimate of drug-likeness (QED) is 0.832. The van der Waals surface area contributed by atoms with Gasteiger partial charge in [-0.15, -0.1) is 0 Å². The minimum absolute atomic E-state index is 0.168. The average molecular weight is 273 g/mol. The van der Waals surface area contributed by atoms with Crippen LogP contribution in [0.2, 0.25) is 0 Å². The van der Waals surface area contributed by atoms with Gasteiger partial charge in [-0.1, -0.05) is 15.9 Å². The van der Waals surface area contributed by atoms with Crippen molar-refractivity contribution >= 4 is 15.9 Å². The Balaban J connectivity index is 2.39. The molecule has 0 amide bonds. The van der Waals surface area contributed by atoms with Gasteiger partial charge in [-0.25, -0.2) is 0 Å². The van der Waals surface area contributed by atoms with Crippen molar-refractivity contribution in [1.82, 2.24) is 0 Å². The third-order valence-electron chi connectivity index (χ3n) is 2.89. The highest BCUT2D eigenvalue weighted by Crippen LogP contribution is 2.34. The molecule has 0 aliphatic carbocycles. The second-order valence-electron chi connectivity index (χ2n) is 3.79. The first-order chi connectivity index (χ1) is 7.26. The van der Waals surface area contributed by atoms with E-state index in [0.717, 1.165) is 15.8 Å². The minimum Gasteiger partial charge on any atom is -0.492 e. The molecule has 0 unspecified atom stereocenters. The zero-order valence-corrected chi connectivity index (χ0v) is 10.2. The van der Waals surface area contributed by atoms with Crippen molar-refractivity contribution in [3.05, 3.63) is 28.2 Å². The number of aliphatic hydroxyl groups excluding tert-OH is 1. The number of rotatable bonds is 2. The van der Waals surface area contributed by atoms with Crippen LogP contribution >= 0.6 is 15.9 Å². The van der Waals surface area contributed by atoms with Crippen molar-refractivity contribution in [3.8, 4) is 5.75 Å². The second kappa shape index (κ2) is 4.51. The van der Waals surface area contributed by atoms with Crippen LogP contribution in [0.25, 0.3) is 0 Å². The molecule has 15 heavy (non-hydrogen) atoms. The molecule has 2 atom stereocenters. The van der Waals surface area contributed by atoms with Crippen molar-refractivity contribution in [2.24, 2.45) is 5.92 Å². The summed E-state index contributed by atoms with van der Waals surface area (Å²) in [5.74, 6) is 1.11. The molecule has 0 saturated heterocycles. The van der Waals surface area contributed by atoms with Crippen LogP contribution in [0.4, 0.5) is 0 Å².